The Morgan fingerprint density at radius 1 is 1.14 bits per heavy atom. The average molecular weight is 405 g/mol. The summed E-state index contributed by atoms with van der Waals surface area (Å²) < 4.78 is 31.0. The topological polar surface area (TPSA) is 75.7 Å². The van der Waals surface area contributed by atoms with Crippen LogP contribution in [0.3, 0.4) is 0 Å². The van der Waals surface area contributed by atoms with E-state index in [1.807, 2.05) is 44.2 Å². The summed E-state index contributed by atoms with van der Waals surface area (Å²) in [4.78, 5) is 12.3. The van der Waals surface area contributed by atoms with Crippen LogP contribution in [0.4, 0.5) is 5.69 Å². The highest BCUT2D eigenvalue weighted by atomic mass is 32.2. The van der Waals surface area contributed by atoms with Crippen LogP contribution in [-0.4, -0.2) is 40.3 Å². The molecule has 0 aliphatic heterocycles. The van der Waals surface area contributed by atoms with Crippen molar-refractivity contribution in [2.24, 2.45) is 0 Å². The second kappa shape index (κ2) is 10.1. The van der Waals surface area contributed by atoms with Crippen molar-refractivity contribution >= 4 is 21.6 Å². The van der Waals surface area contributed by atoms with Gasteiger partial charge in [-0.2, -0.15) is 0 Å². The van der Waals surface area contributed by atoms with Gasteiger partial charge in [-0.1, -0.05) is 30.3 Å². The Balaban J connectivity index is 1.90. The van der Waals surface area contributed by atoms with Crippen molar-refractivity contribution in [3.8, 4) is 5.75 Å². The van der Waals surface area contributed by atoms with Crippen molar-refractivity contribution in [2.75, 3.05) is 30.3 Å². The van der Waals surface area contributed by atoms with E-state index in [-0.39, 0.29) is 12.5 Å². The lowest BCUT2D eigenvalue weighted by Crippen LogP contribution is -2.40. The van der Waals surface area contributed by atoms with Crippen molar-refractivity contribution in [2.45, 2.75) is 26.7 Å². The van der Waals surface area contributed by atoms with E-state index in [0.29, 0.717) is 18.8 Å². The third-order valence-electron chi connectivity index (χ3n) is 4.19. The normalized spacial score (nSPS) is 11.1. The molecule has 7 heteroatoms. The fourth-order valence-electron chi connectivity index (χ4n) is 2.88. The maximum atomic E-state index is 12.3. The van der Waals surface area contributed by atoms with Gasteiger partial charge in [0.1, 0.15) is 12.3 Å². The zero-order chi connectivity index (χ0) is 20.6. The van der Waals surface area contributed by atoms with Crippen LogP contribution in [0.25, 0.3) is 0 Å². The molecule has 0 spiro atoms. The highest BCUT2D eigenvalue weighted by Crippen LogP contribution is 2.20. The van der Waals surface area contributed by atoms with Gasteiger partial charge in [-0.3, -0.25) is 9.10 Å². The number of rotatable bonds is 10. The van der Waals surface area contributed by atoms with Crippen LogP contribution in [0.2, 0.25) is 0 Å². The first kappa shape index (κ1) is 21.8. The summed E-state index contributed by atoms with van der Waals surface area (Å²) in [5.41, 5.74) is 2.51. The van der Waals surface area contributed by atoms with Crippen molar-refractivity contribution < 1.29 is 17.9 Å². The number of carbonyl (C=O) groups is 1. The Hall–Kier alpha value is -2.54. The van der Waals surface area contributed by atoms with E-state index < -0.39 is 10.0 Å². The molecule has 28 heavy (non-hydrogen) atoms. The number of anilines is 1. The van der Waals surface area contributed by atoms with Crippen LogP contribution in [0, 0.1) is 6.92 Å². The predicted molar refractivity (Wildman–Crippen MR) is 112 cm³/mol. The summed E-state index contributed by atoms with van der Waals surface area (Å²) in [6.07, 6.45) is 2.61. The fraction of sp³-hybridized carbons (Fsp3) is 0.381. The van der Waals surface area contributed by atoms with Crippen LogP contribution in [0.5, 0.6) is 5.75 Å². The number of ether oxygens (including phenoxy) is 1. The quantitative estimate of drug-likeness (QED) is 0.618. The second-order valence-electron chi connectivity index (χ2n) is 6.60. The molecule has 0 unspecified atom stereocenters. The number of carbonyl (C=O) groups excluding carboxylic acids is 1. The van der Waals surface area contributed by atoms with E-state index >= 15 is 0 Å². The van der Waals surface area contributed by atoms with Crippen LogP contribution in [0.1, 0.15) is 24.5 Å². The van der Waals surface area contributed by atoms with E-state index in [4.69, 9.17) is 4.74 Å². The molecule has 2 aromatic rings. The third-order valence-corrected chi connectivity index (χ3v) is 5.34. The third kappa shape index (κ3) is 6.56. The van der Waals surface area contributed by atoms with Gasteiger partial charge in [-0.25, -0.2) is 8.42 Å². The summed E-state index contributed by atoms with van der Waals surface area (Å²) in [7, 11) is -3.56. The van der Waals surface area contributed by atoms with Gasteiger partial charge in [0.05, 0.1) is 18.6 Å². The van der Waals surface area contributed by atoms with Gasteiger partial charge in [0.15, 0.2) is 0 Å². The van der Waals surface area contributed by atoms with Crippen LogP contribution < -0.4 is 14.4 Å². The number of hydrogen-bond donors (Lipinski definition) is 1. The van der Waals surface area contributed by atoms with Gasteiger partial charge < -0.3 is 10.1 Å². The Morgan fingerprint density at radius 3 is 2.57 bits per heavy atom. The Kier molecular flexibility index (Phi) is 7.87. The standard InChI is InChI=1S/C21H28N2O4S/c1-4-27-20-13-6-5-10-18(20)11-8-14-22-21(24)16-23(28(3,25)26)19-12-7-9-17(2)15-19/h5-7,9-10,12-13,15H,4,8,11,14,16H2,1-3H3,(H,22,24). The summed E-state index contributed by atoms with van der Waals surface area (Å²) in [6.45, 7) is 4.65. The molecule has 0 heterocycles. The number of nitrogens with zero attached hydrogens (tertiary/aromatic N) is 1. The molecule has 0 aliphatic carbocycles. The molecule has 2 aromatic carbocycles. The maximum Gasteiger partial charge on any atom is 0.240 e. The minimum atomic E-state index is -3.56. The van der Waals surface area contributed by atoms with E-state index in [0.717, 1.165) is 40.3 Å². The average Bonchev–Trinajstić information content (AvgIpc) is 2.64. The first-order valence-corrected chi connectivity index (χ1v) is 11.2. The number of benzene rings is 2. The monoisotopic (exact) mass is 404 g/mol. The SMILES string of the molecule is CCOc1ccccc1CCCNC(=O)CN(c1cccc(C)c1)S(C)(=O)=O. The summed E-state index contributed by atoms with van der Waals surface area (Å²) in [5.74, 6) is 0.532. The minimum Gasteiger partial charge on any atom is -0.494 e. The fourth-order valence-corrected chi connectivity index (χ4v) is 3.73. The molecule has 1 amide bonds. The van der Waals surface area contributed by atoms with Gasteiger partial charge in [0.25, 0.3) is 0 Å². The highest BCUT2D eigenvalue weighted by molar-refractivity contribution is 7.92. The lowest BCUT2D eigenvalue weighted by atomic mass is 10.1. The van der Waals surface area contributed by atoms with E-state index in [2.05, 4.69) is 5.32 Å². The van der Waals surface area contributed by atoms with Gasteiger partial charge >= 0.3 is 0 Å². The smallest absolute Gasteiger partial charge is 0.240 e. The van der Waals surface area contributed by atoms with Gasteiger partial charge in [-0.15, -0.1) is 0 Å². The molecule has 0 bridgehead atoms. The van der Waals surface area contributed by atoms with Gasteiger partial charge in [0, 0.05) is 6.54 Å². The van der Waals surface area contributed by atoms with Crippen molar-refractivity contribution in [3.05, 3.63) is 59.7 Å². The molecule has 0 aliphatic rings. The summed E-state index contributed by atoms with van der Waals surface area (Å²) in [6, 6.07) is 14.9. The molecule has 0 fully saturated rings. The van der Waals surface area contributed by atoms with Crippen molar-refractivity contribution in [1.82, 2.24) is 5.32 Å². The molecule has 152 valence electrons. The Bertz CT molecular complexity index is 897. The maximum absolute atomic E-state index is 12.3. The van der Waals surface area contributed by atoms with Crippen molar-refractivity contribution in [1.29, 1.82) is 0 Å². The van der Waals surface area contributed by atoms with E-state index in [1.165, 1.54) is 0 Å². The zero-order valence-electron chi connectivity index (χ0n) is 16.6. The molecule has 0 aromatic heterocycles. The number of sulfonamides is 1. The zero-order valence-corrected chi connectivity index (χ0v) is 17.5. The predicted octanol–water partition coefficient (Wildman–Crippen LogP) is 2.91. The van der Waals surface area contributed by atoms with Gasteiger partial charge in [0.2, 0.25) is 15.9 Å². The first-order valence-electron chi connectivity index (χ1n) is 9.33. The van der Waals surface area contributed by atoms with E-state index in [9.17, 15) is 13.2 Å². The first-order chi connectivity index (χ1) is 13.3. The van der Waals surface area contributed by atoms with Crippen LogP contribution >= 0.6 is 0 Å². The molecule has 0 radical (unpaired) electrons. The summed E-state index contributed by atoms with van der Waals surface area (Å²) in [5, 5.41) is 2.81. The van der Waals surface area contributed by atoms with E-state index in [1.54, 1.807) is 18.2 Å². The molecular formula is C21H28N2O4S. The largest absolute Gasteiger partial charge is 0.494 e. The Morgan fingerprint density at radius 2 is 1.89 bits per heavy atom. The highest BCUT2D eigenvalue weighted by Gasteiger charge is 2.20. The number of amides is 1. The minimum absolute atomic E-state index is 0.238. The van der Waals surface area contributed by atoms with Crippen LogP contribution in [0.15, 0.2) is 48.5 Å². The molecule has 2 rings (SSSR count). The van der Waals surface area contributed by atoms with Crippen LogP contribution in [-0.2, 0) is 21.2 Å². The summed E-state index contributed by atoms with van der Waals surface area (Å²) >= 11 is 0. The molecule has 6 nitrogen and oxygen atoms in total. The van der Waals surface area contributed by atoms with Gasteiger partial charge in [-0.05, 0) is 56.0 Å². The second-order valence-corrected chi connectivity index (χ2v) is 8.51. The van der Waals surface area contributed by atoms with Crippen molar-refractivity contribution in [3.63, 3.8) is 0 Å². The molecule has 1 N–H and O–H groups in total. The number of aryl methyl sites for hydroxylation is 2. The molecular weight excluding hydrogens is 376 g/mol. The number of hydrogen-bond acceptors (Lipinski definition) is 4. The lowest BCUT2D eigenvalue weighted by Gasteiger charge is -2.22. The molecule has 0 saturated heterocycles. The number of para-hydroxylation sites is 1. The number of nitrogens with one attached hydrogen (secondary N) is 1. The molecule has 0 saturated carbocycles. The Labute approximate surface area is 167 Å². The lowest BCUT2D eigenvalue weighted by molar-refractivity contribution is -0.119. The molecule has 0 atom stereocenters.